The van der Waals surface area contributed by atoms with E-state index in [9.17, 15) is 0 Å². The fraction of sp³-hybridized carbons (Fsp3) is 0. The summed E-state index contributed by atoms with van der Waals surface area (Å²) >= 11 is 0. The number of aromatic nitrogens is 6. The van der Waals surface area contributed by atoms with Crippen LogP contribution in [0.1, 0.15) is 0 Å². The third kappa shape index (κ3) is 5.60. The van der Waals surface area contributed by atoms with Crippen LogP contribution in [0.3, 0.4) is 0 Å². The molecule has 0 amide bonds. The molecule has 0 bridgehead atoms. The zero-order chi connectivity index (χ0) is 45.9. The minimum atomic E-state index is 0.533. The Hall–Kier alpha value is -9.59. The smallest absolute Gasteiger partial charge is 0.240 e. The standard InChI is InChI=1S/C63H38N6O/c1-2-26-50(61-64-62(68-54-31-12-5-21-44(54)45-22-6-13-32-55(45)68)66-63(65-61)69-56-33-14-7-23-46(56)47-24-8-15-34-57(47)69)41(18-1)49-28-17-27-40(39-36-37-59-51(38-39)48-25-9-16-35-58(48)70-59)60(49)67-52-29-10-3-19-42(52)43-20-4-11-30-53(43)67/h1-38H. The summed E-state index contributed by atoms with van der Waals surface area (Å²) in [5, 5.41) is 9.07. The molecule has 0 aliphatic rings. The molecule has 7 heteroatoms. The summed E-state index contributed by atoms with van der Waals surface area (Å²) in [7, 11) is 0. The molecular formula is C63H38N6O. The molecule has 0 spiro atoms. The second kappa shape index (κ2) is 15.0. The van der Waals surface area contributed by atoms with Crippen LogP contribution < -0.4 is 0 Å². The number of nitrogens with zero attached hydrogens (tertiary/aromatic N) is 6. The Kier molecular flexibility index (Phi) is 8.23. The van der Waals surface area contributed by atoms with E-state index >= 15 is 0 Å². The summed E-state index contributed by atoms with van der Waals surface area (Å²) in [5.74, 6) is 1.63. The van der Waals surface area contributed by atoms with Crippen LogP contribution in [0.25, 0.3) is 139 Å². The maximum Gasteiger partial charge on any atom is 0.240 e. The molecule has 0 N–H and O–H groups in total. The molecule has 0 aliphatic heterocycles. The number of furan rings is 1. The van der Waals surface area contributed by atoms with Crippen LogP contribution in [0.5, 0.6) is 0 Å². The van der Waals surface area contributed by atoms with Gasteiger partial charge in [0, 0.05) is 59.8 Å². The van der Waals surface area contributed by atoms with Gasteiger partial charge in [-0.2, -0.15) is 15.0 Å². The Labute approximate surface area is 400 Å². The van der Waals surface area contributed by atoms with E-state index in [1.165, 1.54) is 10.8 Å². The normalized spacial score (nSPS) is 12.0. The highest BCUT2D eigenvalue weighted by molar-refractivity contribution is 6.13. The maximum absolute atomic E-state index is 6.36. The van der Waals surface area contributed by atoms with E-state index in [4.69, 9.17) is 19.4 Å². The molecule has 0 fully saturated rings. The molecule has 15 rings (SSSR count). The number of para-hydroxylation sites is 8. The molecule has 0 radical (unpaired) electrons. The molecule has 5 aromatic heterocycles. The first kappa shape index (κ1) is 38.5. The molecule has 5 heterocycles. The molecule has 0 atom stereocenters. The molecule has 0 saturated heterocycles. The van der Waals surface area contributed by atoms with Crippen LogP contribution in [0, 0.1) is 0 Å². The van der Waals surface area contributed by atoms with Crippen LogP contribution in [-0.2, 0) is 0 Å². The molecule has 70 heavy (non-hydrogen) atoms. The quantitative estimate of drug-likeness (QED) is 0.167. The molecule has 0 saturated carbocycles. The van der Waals surface area contributed by atoms with Crippen LogP contribution in [-0.4, -0.2) is 28.7 Å². The largest absolute Gasteiger partial charge is 0.456 e. The van der Waals surface area contributed by atoms with Gasteiger partial charge in [0.05, 0.1) is 38.8 Å². The van der Waals surface area contributed by atoms with Gasteiger partial charge in [0.1, 0.15) is 11.2 Å². The van der Waals surface area contributed by atoms with Crippen molar-refractivity contribution in [2.24, 2.45) is 0 Å². The number of hydrogen-bond donors (Lipinski definition) is 0. The Morgan fingerprint density at radius 2 is 0.657 bits per heavy atom. The molecular weight excluding hydrogens is 857 g/mol. The van der Waals surface area contributed by atoms with Crippen LogP contribution in [0.15, 0.2) is 235 Å². The van der Waals surface area contributed by atoms with E-state index in [1.807, 2.05) is 12.1 Å². The van der Waals surface area contributed by atoms with E-state index in [2.05, 4.69) is 232 Å². The van der Waals surface area contributed by atoms with Gasteiger partial charge in [-0.3, -0.25) is 9.13 Å². The Morgan fingerprint density at radius 3 is 1.17 bits per heavy atom. The van der Waals surface area contributed by atoms with Gasteiger partial charge in [-0.25, -0.2) is 0 Å². The molecule has 0 unspecified atom stereocenters. The Balaban J connectivity index is 1.05. The van der Waals surface area contributed by atoms with Gasteiger partial charge in [0.15, 0.2) is 5.82 Å². The lowest BCUT2D eigenvalue weighted by atomic mass is 9.92. The fourth-order valence-corrected chi connectivity index (χ4v) is 11.2. The number of hydrogen-bond acceptors (Lipinski definition) is 4. The van der Waals surface area contributed by atoms with Gasteiger partial charge < -0.3 is 8.98 Å². The van der Waals surface area contributed by atoms with Gasteiger partial charge in [-0.15, -0.1) is 0 Å². The van der Waals surface area contributed by atoms with Crippen LogP contribution in [0.4, 0.5) is 0 Å². The van der Waals surface area contributed by atoms with Gasteiger partial charge in [-0.05, 0) is 65.7 Å². The zero-order valence-electron chi connectivity index (χ0n) is 37.5. The predicted octanol–water partition coefficient (Wildman–Crippen LogP) is 16.1. The van der Waals surface area contributed by atoms with Crippen molar-refractivity contribution in [3.63, 3.8) is 0 Å². The lowest BCUT2D eigenvalue weighted by Crippen LogP contribution is -2.10. The molecule has 0 aliphatic carbocycles. The maximum atomic E-state index is 6.36. The first-order valence-electron chi connectivity index (χ1n) is 23.6. The highest BCUT2D eigenvalue weighted by atomic mass is 16.3. The average molecular weight is 895 g/mol. The molecule has 326 valence electrons. The number of rotatable bonds is 6. The third-order valence-electron chi connectivity index (χ3n) is 14.2. The summed E-state index contributed by atoms with van der Waals surface area (Å²) < 4.78 is 13.2. The summed E-state index contributed by atoms with van der Waals surface area (Å²) in [5.41, 5.74) is 14.2. The van der Waals surface area contributed by atoms with Gasteiger partial charge in [0.25, 0.3) is 0 Å². The fourth-order valence-electron chi connectivity index (χ4n) is 11.2. The summed E-state index contributed by atoms with van der Waals surface area (Å²) in [6, 6.07) is 81.6. The van der Waals surface area contributed by atoms with Crippen molar-refractivity contribution in [2.45, 2.75) is 0 Å². The van der Waals surface area contributed by atoms with Crippen molar-refractivity contribution in [2.75, 3.05) is 0 Å². The average Bonchev–Trinajstić information content (AvgIpc) is 4.17. The van der Waals surface area contributed by atoms with E-state index < -0.39 is 0 Å². The van der Waals surface area contributed by atoms with Crippen molar-refractivity contribution >= 4 is 87.4 Å². The lowest BCUT2D eigenvalue weighted by Gasteiger charge is -2.21. The van der Waals surface area contributed by atoms with Crippen molar-refractivity contribution in [3.05, 3.63) is 231 Å². The monoisotopic (exact) mass is 894 g/mol. The molecule has 7 nitrogen and oxygen atoms in total. The minimum Gasteiger partial charge on any atom is -0.456 e. The predicted molar refractivity (Wildman–Crippen MR) is 286 cm³/mol. The van der Waals surface area contributed by atoms with Crippen molar-refractivity contribution in [1.82, 2.24) is 28.7 Å². The zero-order valence-corrected chi connectivity index (χ0v) is 37.5. The van der Waals surface area contributed by atoms with Crippen molar-refractivity contribution < 1.29 is 4.42 Å². The second-order valence-corrected chi connectivity index (χ2v) is 17.9. The Bertz CT molecular complexity index is 4330. The first-order valence-corrected chi connectivity index (χ1v) is 23.6. The van der Waals surface area contributed by atoms with E-state index in [1.54, 1.807) is 0 Å². The second-order valence-electron chi connectivity index (χ2n) is 17.9. The number of fused-ring (bicyclic) bond motifs is 12. The van der Waals surface area contributed by atoms with E-state index in [0.717, 1.165) is 110 Å². The van der Waals surface area contributed by atoms with Crippen molar-refractivity contribution in [3.8, 4) is 51.2 Å². The van der Waals surface area contributed by atoms with Gasteiger partial charge in [-0.1, -0.05) is 176 Å². The van der Waals surface area contributed by atoms with Crippen molar-refractivity contribution in [1.29, 1.82) is 0 Å². The number of benzene rings is 10. The highest BCUT2D eigenvalue weighted by Crippen LogP contribution is 2.45. The summed E-state index contributed by atoms with van der Waals surface area (Å²) in [6.07, 6.45) is 0. The topological polar surface area (TPSA) is 66.6 Å². The van der Waals surface area contributed by atoms with E-state index in [-0.39, 0.29) is 0 Å². The summed E-state index contributed by atoms with van der Waals surface area (Å²) in [4.78, 5) is 16.5. The van der Waals surface area contributed by atoms with Crippen LogP contribution in [0.2, 0.25) is 0 Å². The molecule has 15 aromatic rings. The minimum absolute atomic E-state index is 0.533. The SMILES string of the molecule is c1ccc(-c2cccc(-c3ccc4oc5ccccc5c4c3)c2-n2c3ccccc3c3ccccc32)c(-c2nc(-n3c4ccccc4c4ccccc43)nc(-n3c4ccccc4c4ccccc43)n2)c1. The molecule has 10 aromatic carbocycles. The summed E-state index contributed by atoms with van der Waals surface area (Å²) in [6.45, 7) is 0. The lowest BCUT2D eigenvalue weighted by molar-refractivity contribution is 0.669. The van der Waals surface area contributed by atoms with E-state index in [0.29, 0.717) is 17.7 Å². The van der Waals surface area contributed by atoms with Crippen LogP contribution >= 0.6 is 0 Å². The van der Waals surface area contributed by atoms with Gasteiger partial charge in [0.2, 0.25) is 11.9 Å². The highest BCUT2D eigenvalue weighted by Gasteiger charge is 2.25. The third-order valence-corrected chi connectivity index (χ3v) is 14.2. The Morgan fingerprint density at radius 1 is 0.271 bits per heavy atom. The first-order chi connectivity index (χ1) is 34.7. The van der Waals surface area contributed by atoms with Gasteiger partial charge >= 0.3 is 0 Å².